The number of benzene rings is 2. The lowest BCUT2D eigenvalue weighted by Gasteiger charge is -2.24. The number of rotatable bonds is 3. The second kappa shape index (κ2) is 7.52. The van der Waals surface area contributed by atoms with Gasteiger partial charge >= 0.3 is 6.18 Å². The van der Waals surface area contributed by atoms with Crippen molar-refractivity contribution in [3.05, 3.63) is 65.2 Å². The third-order valence-electron chi connectivity index (χ3n) is 4.96. The number of hydrogen-bond acceptors (Lipinski definition) is 1. The normalized spacial score (nSPS) is 15.9. The molecule has 2 nitrogen and oxygen atoms in total. The molecule has 138 valence electrons. The molecule has 5 heteroatoms. The predicted octanol–water partition coefficient (Wildman–Crippen LogP) is 5.26. The Bertz CT molecular complexity index is 771. The van der Waals surface area contributed by atoms with Crippen LogP contribution < -0.4 is 4.90 Å². The highest BCUT2D eigenvalue weighted by molar-refractivity contribution is 5.95. The Hall–Kier alpha value is -2.30. The first-order chi connectivity index (χ1) is 12.4. The molecular formula is C21H22F3NO. The Kier molecular flexibility index (Phi) is 5.35. The fourth-order valence-corrected chi connectivity index (χ4v) is 3.36. The number of amides is 1. The van der Waals surface area contributed by atoms with Gasteiger partial charge in [-0.05, 0) is 48.9 Å². The number of halogens is 3. The molecule has 0 aromatic heterocycles. The summed E-state index contributed by atoms with van der Waals surface area (Å²) in [5.41, 5.74) is 2.78. The SMILES string of the molecule is CC(c1ccc2c(c1)CCCCN2C(=O)Cc1ccccc1)C(F)(F)F. The fourth-order valence-electron chi connectivity index (χ4n) is 3.36. The summed E-state index contributed by atoms with van der Waals surface area (Å²) in [4.78, 5) is 14.5. The number of anilines is 1. The molecule has 1 amide bonds. The van der Waals surface area contributed by atoms with E-state index in [4.69, 9.17) is 0 Å². The number of carbonyl (C=O) groups is 1. The van der Waals surface area contributed by atoms with Crippen molar-refractivity contribution in [2.24, 2.45) is 0 Å². The molecule has 2 aromatic carbocycles. The topological polar surface area (TPSA) is 20.3 Å². The van der Waals surface area contributed by atoms with Crippen molar-refractivity contribution in [2.45, 2.75) is 44.7 Å². The summed E-state index contributed by atoms with van der Waals surface area (Å²) in [5.74, 6) is -1.53. The van der Waals surface area contributed by atoms with Crippen LogP contribution in [-0.4, -0.2) is 18.6 Å². The van der Waals surface area contributed by atoms with E-state index in [1.165, 1.54) is 13.0 Å². The summed E-state index contributed by atoms with van der Waals surface area (Å²) < 4.78 is 39.1. The van der Waals surface area contributed by atoms with Gasteiger partial charge < -0.3 is 4.90 Å². The summed E-state index contributed by atoms with van der Waals surface area (Å²) >= 11 is 0. The quantitative estimate of drug-likeness (QED) is 0.730. The van der Waals surface area contributed by atoms with Crippen LogP contribution in [-0.2, 0) is 17.6 Å². The number of hydrogen-bond donors (Lipinski definition) is 0. The zero-order valence-corrected chi connectivity index (χ0v) is 14.7. The predicted molar refractivity (Wildman–Crippen MR) is 96.3 cm³/mol. The molecule has 1 unspecified atom stereocenters. The highest BCUT2D eigenvalue weighted by atomic mass is 19.4. The highest BCUT2D eigenvalue weighted by Crippen LogP contribution is 2.37. The van der Waals surface area contributed by atoms with Crippen LogP contribution in [0.3, 0.4) is 0 Å². The molecule has 1 atom stereocenters. The molecule has 0 bridgehead atoms. The lowest BCUT2D eigenvalue weighted by molar-refractivity contribution is -0.146. The summed E-state index contributed by atoms with van der Waals surface area (Å²) in [6, 6.07) is 14.3. The van der Waals surface area contributed by atoms with Gasteiger partial charge in [-0.3, -0.25) is 4.79 Å². The number of nitrogens with zero attached hydrogens (tertiary/aromatic N) is 1. The van der Waals surface area contributed by atoms with Crippen LogP contribution in [0.25, 0.3) is 0 Å². The molecule has 0 spiro atoms. The molecular weight excluding hydrogens is 339 g/mol. The first-order valence-electron chi connectivity index (χ1n) is 8.90. The molecule has 0 radical (unpaired) electrons. The van der Waals surface area contributed by atoms with Gasteiger partial charge in [0.2, 0.25) is 5.91 Å². The number of aryl methyl sites for hydroxylation is 1. The third-order valence-corrected chi connectivity index (χ3v) is 4.96. The van der Waals surface area contributed by atoms with Gasteiger partial charge in [-0.2, -0.15) is 13.2 Å². The van der Waals surface area contributed by atoms with E-state index >= 15 is 0 Å². The van der Waals surface area contributed by atoms with Crippen LogP contribution in [0.5, 0.6) is 0 Å². The van der Waals surface area contributed by atoms with Gasteiger partial charge in [-0.1, -0.05) is 42.5 Å². The van der Waals surface area contributed by atoms with Crippen molar-refractivity contribution >= 4 is 11.6 Å². The highest BCUT2D eigenvalue weighted by Gasteiger charge is 2.37. The van der Waals surface area contributed by atoms with Gasteiger partial charge in [0, 0.05) is 12.2 Å². The molecule has 2 aromatic rings. The van der Waals surface area contributed by atoms with Gasteiger partial charge in [0.25, 0.3) is 0 Å². The monoisotopic (exact) mass is 361 g/mol. The lowest BCUT2D eigenvalue weighted by Crippen LogP contribution is -2.33. The minimum absolute atomic E-state index is 0.0176. The average Bonchev–Trinajstić information content (AvgIpc) is 2.83. The largest absolute Gasteiger partial charge is 0.395 e. The Morgan fingerprint density at radius 3 is 2.54 bits per heavy atom. The van der Waals surface area contributed by atoms with Gasteiger partial charge in [0.15, 0.2) is 0 Å². The number of carbonyl (C=O) groups excluding carboxylic acids is 1. The third kappa shape index (κ3) is 4.09. The molecule has 1 aliphatic rings. The maximum absolute atomic E-state index is 13.0. The van der Waals surface area contributed by atoms with Crippen molar-refractivity contribution < 1.29 is 18.0 Å². The van der Waals surface area contributed by atoms with Crippen LogP contribution in [0, 0.1) is 0 Å². The second-order valence-corrected chi connectivity index (χ2v) is 6.82. The summed E-state index contributed by atoms with van der Waals surface area (Å²) in [6.45, 7) is 1.78. The molecule has 0 saturated heterocycles. The Morgan fingerprint density at radius 1 is 1.12 bits per heavy atom. The summed E-state index contributed by atoms with van der Waals surface area (Å²) in [7, 11) is 0. The van der Waals surface area contributed by atoms with Gasteiger partial charge in [-0.15, -0.1) is 0 Å². The maximum Gasteiger partial charge on any atom is 0.395 e. The average molecular weight is 361 g/mol. The van der Waals surface area contributed by atoms with Crippen molar-refractivity contribution in [3.8, 4) is 0 Å². The Labute approximate surface area is 151 Å². The van der Waals surface area contributed by atoms with E-state index in [-0.39, 0.29) is 11.5 Å². The molecule has 0 fully saturated rings. The zero-order valence-electron chi connectivity index (χ0n) is 14.7. The van der Waals surface area contributed by atoms with E-state index in [9.17, 15) is 18.0 Å². The van der Waals surface area contributed by atoms with E-state index in [2.05, 4.69) is 0 Å². The van der Waals surface area contributed by atoms with Gasteiger partial charge in [0.05, 0.1) is 12.3 Å². The first kappa shape index (κ1) is 18.5. The van der Waals surface area contributed by atoms with Crippen molar-refractivity contribution in [1.82, 2.24) is 0 Å². The molecule has 26 heavy (non-hydrogen) atoms. The molecule has 3 rings (SSSR count). The van der Waals surface area contributed by atoms with E-state index in [0.717, 1.165) is 29.7 Å². The minimum atomic E-state index is -4.26. The molecule has 0 saturated carbocycles. The maximum atomic E-state index is 13.0. The summed E-state index contributed by atoms with van der Waals surface area (Å²) in [6.07, 6.45) is -1.56. The van der Waals surface area contributed by atoms with Crippen LogP contribution in [0.4, 0.5) is 18.9 Å². The van der Waals surface area contributed by atoms with Crippen LogP contribution in [0.1, 0.15) is 42.4 Å². The molecule has 0 aliphatic carbocycles. The number of fused-ring (bicyclic) bond motifs is 1. The van der Waals surface area contributed by atoms with Crippen molar-refractivity contribution in [1.29, 1.82) is 0 Å². The molecule has 0 N–H and O–H groups in total. The standard InChI is InChI=1S/C21H22F3NO/c1-15(21(22,23)24)17-10-11-19-18(14-17)9-5-6-12-25(19)20(26)13-16-7-3-2-4-8-16/h2-4,7-8,10-11,14-15H,5-6,9,12-13H2,1H3. The van der Waals surface area contributed by atoms with E-state index in [0.29, 0.717) is 19.4 Å². The van der Waals surface area contributed by atoms with E-state index in [1.54, 1.807) is 17.0 Å². The Balaban J connectivity index is 1.87. The lowest BCUT2D eigenvalue weighted by atomic mass is 9.96. The second-order valence-electron chi connectivity index (χ2n) is 6.82. The van der Waals surface area contributed by atoms with Gasteiger partial charge in [0.1, 0.15) is 0 Å². The fraction of sp³-hybridized carbons (Fsp3) is 0.381. The molecule has 1 heterocycles. The van der Waals surface area contributed by atoms with Crippen molar-refractivity contribution in [2.75, 3.05) is 11.4 Å². The van der Waals surface area contributed by atoms with Crippen molar-refractivity contribution in [3.63, 3.8) is 0 Å². The summed E-state index contributed by atoms with van der Waals surface area (Å²) in [5, 5.41) is 0. The first-order valence-corrected chi connectivity index (χ1v) is 8.90. The van der Waals surface area contributed by atoms with Crippen LogP contribution >= 0.6 is 0 Å². The smallest absolute Gasteiger partial charge is 0.312 e. The minimum Gasteiger partial charge on any atom is -0.312 e. The van der Waals surface area contributed by atoms with Crippen LogP contribution in [0.2, 0.25) is 0 Å². The number of alkyl halides is 3. The Morgan fingerprint density at radius 2 is 1.85 bits per heavy atom. The zero-order chi connectivity index (χ0) is 18.7. The van der Waals surface area contributed by atoms with Crippen LogP contribution in [0.15, 0.2) is 48.5 Å². The van der Waals surface area contributed by atoms with E-state index < -0.39 is 12.1 Å². The molecule has 1 aliphatic heterocycles. The van der Waals surface area contributed by atoms with E-state index in [1.807, 2.05) is 30.3 Å². The van der Waals surface area contributed by atoms with Gasteiger partial charge in [-0.25, -0.2) is 0 Å².